The molecule has 0 saturated carbocycles. The van der Waals surface area contributed by atoms with Crippen LogP contribution in [0.5, 0.6) is 5.75 Å². The van der Waals surface area contributed by atoms with Crippen molar-refractivity contribution in [2.45, 2.75) is 33.7 Å². The van der Waals surface area contributed by atoms with Crippen LogP contribution in [-0.4, -0.2) is 34.2 Å². The molecule has 0 atom stereocenters. The third kappa shape index (κ3) is 4.60. The largest absolute Gasteiger partial charge is 0.493 e. The Balaban J connectivity index is 1.60. The van der Waals surface area contributed by atoms with Crippen molar-refractivity contribution in [1.82, 2.24) is 14.7 Å². The zero-order valence-electron chi connectivity index (χ0n) is 17.0. The van der Waals surface area contributed by atoms with Crippen LogP contribution in [0.1, 0.15) is 28.9 Å². The van der Waals surface area contributed by atoms with Gasteiger partial charge in [-0.2, -0.15) is 5.10 Å². The third-order valence-electron chi connectivity index (χ3n) is 4.84. The number of carbonyl (C=O) groups excluding carboxylic acids is 1. The van der Waals surface area contributed by atoms with Gasteiger partial charge >= 0.3 is 0 Å². The van der Waals surface area contributed by atoms with Crippen LogP contribution >= 0.6 is 0 Å². The van der Waals surface area contributed by atoms with E-state index >= 15 is 0 Å². The lowest BCUT2D eigenvalue weighted by Gasteiger charge is -2.18. The van der Waals surface area contributed by atoms with Crippen LogP contribution in [0.2, 0.25) is 0 Å². The molecule has 1 heterocycles. The molecule has 0 aliphatic rings. The highest BCUT2D eigenvalue weighted by Crippen LogP contribution is 2.19. The van der Waals surface area contributed by atoms with E-state index in [1.54, 1.807) is 4.90 Å². The van der Waals surface area contributed by atoms with Crippen molar-refractivity contribution in [2.24, 2.45) is 0 Å². The fraction of sp³-hybridized carbons (Fsp3) is 0.304. The van der Waals surface area contributed by atoms with Crippen molar-refractivity contribution in [2.75, 3.05) is 13.7 Å². The summed E-state index contributed by atoms with van der Waals surface area (Å²) in [5.41, 5.74) is 5.24. The molecule has 146 valence electrons. The molecule has 28 heavy (non-hydrogen) atoms. The van der Waals surface area contributed by atoms with Gasteiger partial charge in [0.2, 0.25) is 5.91 Å². The molecule has 5 heteroatoms. The number of benzene rings is 2. The molecule has 0 unspecified atom stereocenters. The van der Waals surface area contributed by atoms with Crippen molar-refractivity contribution < 1.29 is 9.53 Å². The third-order valence-corrected chi connectivity index (χ3v) is 4.84. The first-order chi connectivity index (χ1) is 13.5. The molecule has 0 radical (unpaired) electrons. The molecule has 3 aromatic rings. The van der Waals surface area contributed by atoms with Gasteiger partial charge in [0.25, 0.3) is 0 Å². The van der Waals surface area contributed by atoms with Crippen LogP contribution in [0.15, 0.2) is 54.6 Å². The number of aryl methyl sites for hydroxylation is 2. The van der Waals surface area contributed by atoms with Gasteiger partial charge in [0.15, 0.2) is 0 Å². The van der Waals surface area contributed by atoms with Gasteiger partial charge in [0, 0.05) is 24.8 Å². The molecule has 0 N–H and O–H groups in total. The van der Waals surface area contributed by atoms with Gasteiger partial charge in [-0.1, -0.05) is 30.3 Å². The van der Waals surface area contributed by atoms with Crippen molar-refractivity contribution in [3.8, 4) is 11.4 Å². The van der Waals surface area contributed by atoms with Crippen LogP contribution in [0.3, 0.4) is 0 Å². The summed E-state index contributed by atoms with van der Waals surface area (Å²) in [6.07, 6.45) is 0.343. The molecular weight excluding hydrogens is 350 g/mol. The van der Waals surface area contributed by atoms with E-state index in [2.05, 4.69) is 5.10 Å². The van der Waals surface area contributed by atoms with Crippen molar-refractivity contribution >= 4 is 5.91 Å². The van der Waals surface area contributed by atoms with Crippen LogP contribution in [-0.2, 0) is 11.3 Å². The summed E-state index contributed by atoms with van der Waals surface area (Å²) in [4.78, 5) is 14.3. The Morgan fingerprint density at radius 1 is 1.07 bits per heavy atom. The predicted octanol–water partition coefficient (Wildman–Crippen LogP) is 4.23. The highest BCUT2D eigenvalue weighted by atomic mass is 16.5. The number of hydrogen-bond donors (Lipinski definition) is 0. The van der Waals surface area contributed by atoms with Gasteiger partial charge in [-0.25, -0.2) is 4.68 Å². The summed E-state index contributed by atoms with van der Waals surface area (Å²) in [6.45, 7) is 6.95. The highest BCUT2D eigenvalue weighted by molar-refractivity contribution is 5.76. The standard InChI is InChI=1S/C23H27N3O2/c1-17-9-8-12-21(15-17)28-14-13-23(27)25(4)16-22-18(2)24-26(19(22)3)20-10-6-5-7-11-20/h5-12,15H,13-14,16H2,1-4H3. The molecular formula is C23H27N3O2. The van der Waals surface area contributed by atoms with E-state index in [1.165, 1.54) is 0 Å². The summed E-state index contributed by atoms with van der Waals surface area (Å²) in [6, 6.07) is 17.9. The minimum absolute atomic E-state index is 0.0546. The van der Waals surface area contributed by atoms with Crippen LogP contribution in [0.25, 0.3) is 5.69 Å². The first kappa shape index (κ1) is 19.7. The second-order valence-corrected chi connectivity index (χ2v) is 7.06. The van der Waals surface area contributed by atoms with E-state index in [0.717, 1.165) is 34.0 Å². The van der Waals surface area contributed by atoms with Gasteiger partial charge in [-0.05, 0) is 50.6 Å². The number of para-hydroxylation sites is 1. The maximum absolute atomic E-state index is 12.5. The number of amides is 1. The first-order valence-electron chi connectivity index (χ1n) is 9.49. The summed E-state index contributed by atoms with van der Waals surface area (Å²) in [5.74, 6) is 0.852. The smallest absolute Gasteiger partial charge is 0.226 e. The summed E-state index contributed by atoms with van der Waals surface area (Å²) >= 11 is 0. The van der Waals surface area contributed by atoms with E-state index in [-0.39, 0.29) is 5.91 Å². The number of carbonyl (C=O) groups is 1. The van der Waals surface area contributed by atoms with Gasteiger partial charge in [-0.3, -0.25) is 4.79 Å². The maximum atomic E-state index is 12.5. The molecule has 0 spiro atoms. The zero-order chi connectivity index (χ0) is 20.1. The Labute approximate surface area is 166 Å². The summed E-state index contributed by atoms with van der Waals surface area (Å²) in [5, 5.41) is 4.66. The molecule has 5 nitrogen and oxygen atoms in total. The Bertz CT molecular complexity index is 948. The zero-order valence-corrected chi connectivity index (χ0v) is 17.0. The van der Waals surface area contributed by atoms with Gasteiger partial charge < -0.3 is 9.64 Å². The molecule has 0 fully saturated rings. The van der Waals surface area contributed by atoms with E-state index in [4.69, 9.17) is 4.74 Å². The summed E-state index contributed by atoms with van der Waals surface area (Å²) in [7, 11) is 1.83. The molecule has 0 aliphatic heterocycles. The average Bonchev–Trinajstić information content (AvgIpc) is 2.97. The van der Waals surface area contributed by atoms with Crippen LogP contribution in [0.4, 0.5) is 0 Å². The molecule has 2 aromatic carbocycles. The van der Waals surface area contributed by atoms with E-state index in [1.807, 2.05) is 87.1 Å². The Morgan fingerprint density at radius 2 is 1.82 bits per heavy atom. The van der Waals surface area contributed by atoms with E-state index in [9.17, 15) is 4.79 Å². The summed E-state index contributed by atoms with van der Waals surface area (Å²) < 4.78 is 7.64. The number of rotatable bonds is 7. The molecule has 0 aliphatic carbocycles. The van der Waals surface area contributed by atoms with E-state index < -0.39 is 0 Å². The average molecular weight is 377 g/mol. The number of aromatic nitrogens is 2. The lowest BCUT2D eigenvalue weighted by Crippen LogP contribution is -2.28. The minimum atomic E-state index is 0.0546. The maximum Gasteiger partial charge on any atom is 0.226 e. The van der Waals surface area contributed by atoms with Crippen LogP contribution < -0.4 is 4.74 Å². The van der Waals surface area contributed by atoms with Crippen LogP contribution in [0, 0.1) is 20.8 Å². The lowest BCUT2D eigenvalue weighted by atomic mass is 10.2. The van der Waals surface area contributed by atoms with Gasteiger partial charge in [-0.15, -0.1) is 0 Å². The molecule has 0 bridgehead atoms. The Hall–Kier alpha value is -3.08. The SMILES string of the molecule is Cc1cccc(OCCC(=O)N(C)Cc2c(C)nn(-c3ccccc3)c2C)c1. The second-order valence-electron chi connectivity index (χ2n) is 7.06. The number of nitrogens with zero attached hydrogens (tertiary/aromatic N) is 3. The predicted molar refractivity (Wildman–Crippen MR) is 111 cm³/mol. The first-order valence-corrected chi connectivity index (χ1v) is 9.49. The second kappa shape index (κ2) is 8.74. The van der Waals surface area contributed by atoms with Gasteiger partial charge in [0.1, 0.15) is 5.75 Å². The molecule has 3 rings (SSSR count). The Kier molecular flexibility index (Phi) is 6.14. The molecule has 0 saturated heterocycles. The lowest BCUT2D eigenvalue weighted by molar-refractivity contribution is -0.130. The van der Waals surface area contributed by atoms with Crippen molar-refractivity contribution in [1.29, 1.82) is 0 Å². The van der Waals surface area contributed by atoms with Crippen molar-refractivity contribution in [3.63, 3.8) is 0 Å². The minimum Gasteiger partial charge on any atom is -0.493 e. The Morgan fingerprint density at radius 3 is 2.54 bits per heavy atom. The van der Waals surface area contributed by atoms with Gasteiger partial charge in [0.05, 0.1) is 24.4 Å². The normalized spacial score (nSPS) is 10.7. The molecule has 1 aromatic heterocycles. The molecule has 1 amide bonds. The fourth-order valence-electron chi connectivity index (χ4n) is 3.20. The van der Waals surface area contributed by atoms with Crippen molar-refractivity contribution in [3.05, 3.63) is 77.1 Å². The topological polar surface area (TPSA) is 47.4 Å². The number of hydrogen-bond acceptors (Lipinski definition) is 3. The van der Waals surface area contributed by atoms with E-state index in [0.29, 0.717) is 19.6 Å². The number of ether oxygens (including phenoxy) is 1. The highest BCUT2D eigenvalue weighted by Gasteiger charge is 2.17. The monoisotopic (exact) mass is 377 g/mol. The quantitative estimate of drug-likeness (QED) is 0.619. The fourth-order valence-corrected chi connectivity index (χ4v) is 3.20.